The van der Waals surface area contributed by atoms with Crippen LogP contribution < -0.4 is 9.47 Å². The van der Waals surface area contributed by atoms with E-state index in [-0.39, 0.29) is 12.0 Å². The van der Waals surface area contributed by atoms with Gasteiger partial charge in [-0.25, -0.2) is 0 Å². The predicted molar refractivity (Wildman–Crippen MR) is 76.5 cm³/mol. The van der Waals surface area contributed by atoms with Gasteiger partial charge in [0.1, 0.15) is 11.5 Å². The van der Waals surface area contributed by atoms with E-state index in [0.29, 0.717) is 16.9 Å². The lowest BCUT2D eigenvalue weighted by Crippen LogP contribution is -2.17. The van der Waals surface area contributed by atoms with E-state index >= 15 is 0 Å². The number of carbonyl (C=O) groups is 1. The molecular formula is C16H13F3O4. The fourth-order valence-electron chi connectivity index (χ4n) is 2.17. The third-order valence-corrected chi connectivity index (χ3v) is 3.06. The molecule has 2 rings (SSSR count). The van der Waals surface area contributed by atoms with Crippen molar-refractivity contribution in [1.82, 2.24) is 0 Å². The molecule has 0 saturated carbocycles. The molecule has 0 fully saturated rings. The fourth-order valence-corrected chi connectivity index (χ4v) is 2.17. The van der Waals surface area contributed by atoms with E-state index in [2.05, 4.69) is 4.74 Å². The van der Waals surface area contributed by atoms with Gasteiger partial charge < -0.3 is 14.6 Å². The first-order valence-corrected chi connectivity index (χ1v) is 6.54. The van der Waals surface area contributed by atoms with Crippen LogP contribution in [-0.4, -0.2) is 24.5 Å². The maximum Gasteiger partial charge on any atom is 0.573 e. The maximum atomic E-state index is 12.5. The summed E-state index contributed by atoms with van der Waals surface area (Å²) >= 11 is 0. The van der Waals surface area contributed by atoms with E-state index in [1.165, 1.54) is 37.4 Å². The Morgan fingerprint density at radius 1 is 1.13 bits per heavy atom. The molecule has 122 valence electrons. The number of ether oxygens (including phenoxy) is 2. The molecule has 0 atom stereocenters. The molecule has 0 unspecified atom stereocenters. The molecule has 23 heavy (non-hydrogen) atoms. The van der Waals surface area contributed by atoms with Crippen LogP contribution in [0.2, 0.25) is 0 Å². The number of hydrogen-bond acceptors (Lipinski definition) is 3. The standard InChI is InChI=1S/C16H13F3O4/c1-22-11-6-7-12(10(8-11)9-15(20)21)13-4-2-3-5-14(13)23-16(17,18)19/h2-8H,9H2,1H3,(H,20,21). The van der Waals surface area contributed by atoms with Crippen molar-refractivity contribution in [3.05, 3.63) is 48.0 Å². The molecule has 0 aliphatic rings. The van der Waals surface area contributed by atoms with Gasteiger partial charge in [-0.05, 0) is 29.3 Å². The zero-order valence-corrected chi connectivity index (χ0v) is 12.1. The number of carboxylic acid groups (broad SMARTS) is 1. The summed E-state index contributed by atoms with van der Waals surface area (Å²) in [5.74, 6) is -1.08. The molecule has 2 aromatic rings. The Labute approximate surface area is 130 Å². The minimum Gasteiger partial charge on any atom is -0.497 e. The van der Waals surface area contributed by atoms with E-state index in [9.17, 15) is 18.0 Å². The maximum absolute atomic E-state index is 12.5. The van der Waals surface area contributed by atoms with E-state index in [4.69, 9.17) is 9.84 Å². The summed E-state index contributed by atoms with van der Waals surface area (Å²) in [6.45, 7) is 0. The van der Waals surface area contributed by atoms with Gasteiger partial charge in [-0.15, -0.1) is 13.2 Å². The molecule has 0 heterocycles. The average molecular weight is 326 g/mol. The van der Waals surface area contributed by atoms with E-state index in [1.54, 1.807) is 12.1 Å². The SMILES string of the molecule is COc1ccc(-c2ccccc2OC(F)(F)F)c(CC(=O)O)c1. The number of alkyl halides is 3. The Kier molecular flexibility index (Phi) is 4.78. The predicted octanol–water partition coefficient (Wildman–Crippen LogP) is 3.89. The van der Waals surface area contributed by atoms with Crippen LogP contribution in [0.15, 0.2) is 42.5 Å². The second kappa shape index (κ2) is 6.60. The molecule has 0 saturated heterocycles. The van der Waals surface area contributed by atoms with Crippen LogP contribution in [-0.2, 0) is 11.2 Å². The summed E-state index contributed by atoms with van der Waals surface area (Å²) in [7, 11) is 1.42. The van der Waals surface area contributed by atoms with E-state index < -0.39 is 18.1 Å². The first-order valence-electron chi connectivity index (χ1n) is 6.54. The fraction of sp³-hybridized carbons (Fsp3) is 0.188. The normalized spacial score (nSPS) is 11.1. The van der Waals surface area contributed by atoms with Gasteiger partial charge in [0.05, 0.1) is 13.5 Å². The van der Waals surface area contributed by atoms with E-state index in [0.717, 1.165) is 0 Å². The van der Waals surface area contributed by atoms with Crippen molar-refractivity contribution in [2.75, 3.05) is 7.11 Å². The van der Waals surface area contributed by atoms with E-state index in [1.807, 2.05) is 0 Å². The van der Waals surface area contributed by atoms with Crippen LogP contribution in [0.5, 0.6) is 11.5 Å². The highest BCUT2D eigenvalue weighted by atomic mass is 19.4. The molecular weight excluding hydrogens is 313 g/mol. The van der Waals surface area contributed by atoms with Crippen molar-refractivity contribution in [2.24, 2.45) is 0 Å². The third kappa shape index (κ3) is 4.38. The lowest BCUT2D eigenvalue weighted by molar-refractivity contribution is -0.274. The molecule has 0 radical (unpaired) electrons. The number of benzene rings is 2. The molecule has 7 heteroatoms. The molecule has 4 nitrogen and oxygen atoms in total. The van der Waals surface area contributed by atoms with Crippen molar-refractivity contribution in [1.29, 1.82) is 0 Å². The van der Waals surface area contributed by atoms with Crippen LogP contribution in [0.25, 0.3) is 11.1 Å². The highest BCUT2D eigenvalue weighted by Crippen LogP contribution is 2.36. The number of carboxylic acids is 1. The molecule has 2 aromatic carbocycles. The van der Waals surface area contributed by atoms with Crippen LogP contribution in [0.1, 0.15) is 5.56 Å². The van der Waals surface area contributed by atoms with Gasteiger partial charge in [-0.2, -0.15) is 0 Å². The van der Waals surface area contributed by atoms with Crippen LogP contribution in [0.3, 0.4) is 0 Å². The van der Waals surface area contributed by atoms with Crippen LogP contribution >= 0.6 is 0 Å². The van der Waals surface area contributed by atoms with Crippen molar-refractivity contribution >= 4 is 5.97 Å². The van der Waals surface area contributed by atoms with Gasteiger partial charge in [-0.3, -0.25) is 4.79 Å². The topological polar surface area (TPSA) is 55.8 Å². The third-order valence-electron chi connectivity index (χ3n) is 3.06. The monoisotopic (exact) mass is 326 g/mol. The first kappa shape index (κ1) is 16.7. The molecule has 0 aliphatic carbocycles. The summed E-state index contributed by atoms with van der Waals surface area (Å²) in [5, 5.41) is 9.01. The molecule has 0 spiro atoms. The summed E-state index contributed by atoms with van der Waals surface area (Å²) < 4.78 is 46.6. The Balaban J connectivity index is 2.55. The van der Waals surface area contributed by atoms with Crippen LogP contribution in [0, 0.1) is 0 Å². The minimum atomic E-state index is -4.84. The number of rotatable bonds is 5. The molecule has 1 N–H and O–H groups in total. The Morgan fingerprint density at radius 3 is 2.43 bits per heavy atom. The van der Waals surface area contributed by atoms with Crippen molar-refractivity contribution in [3.8, 4) is 22.6 Å². The zero-order valence-electron chi connectivity index (χ0n) is 12.1. The summed E-state index contributed by atoms with van der Waals surface area (Å²) in [6, 6.07) is 10.1. The van der Waals surface area contributed by atoms with Gasteiger partial charge in [0.2, 0.25) is 0 Å². The van der Waals surface area contributed by atoms with Crippen LogP contribution in [0.4, 0.5) is 13.2 Å². The Hall–Kier alpha value is -2.70. The zero-order chi connectivity index (χ0) is 17.0. The summed E-state index contributed by atoms with van der Waals surface area (Å²) in [6.07, 6.45) is -5.19. The molecule has 0 bridgehead atoms. The number of para-hydroxylation sites is 1. The van der Waals surface area contributed by atoms with Gasteiger partial charge >= 0.3 is 12.3 Å². The molecule has 0 aromatic heterocycles. The quantitative estimate of drug-likeness (QED) is 0.906. The number of methoxy groups -OCH3 is 1. The smallest absolute Gasteiger partial charge is 0.497 e. The summed E-state index contributed by atoms with van der Waals surface area (Å²) in [4.78, 5) is 11.0. The highest BCUT2D eigenvalue weighted by molar-refractivity contribution is 5.79. The molecule has 0 amide bonds. The average Bonchev–Trinajstić information content (AvgIpc) is 2.46. The largest absolute Gasteiger partial charge is 0.573 e. The first-order chi connectivity index (χ1) is 10.8. The second-order valence-corrected chi connectivity index (χ2v) is 4.64. The Bertz CT molecular complexity index is 711. The Morgan fingerprint density at radius 2 is 1.83 bits per heavy atom. The highest BCUT2D eigenvalue weighted by Gasteiger charge is 2.32. The number of halogens is 3. The number of aliphatic carboxylic acids is 1. The van der Waals surface area contributed by atoms with Crippen molar-refractivity contribution in [3.63, 3.8) is 0 Å². The minimum absolute atomic E-state index is 0.156. The van der Waals surface area contributed by atoms with Crippen molar-refractivity contribution < 1.29 is 32.5 Å². The summed E-state index contributed by atoms with van der Waals surface area (Å²) in [5.41, 5.74) is 0.826. The molecule has 0 aliphatic heterocycles. The van der Waals surface area contributed by atoms with Gasteiger partial charge in [0.15, 0.2) is 0 Å². The number of hydrogen-bond donors (Lipinski definition) is 1. The lowest BCUT2D eigenvalue weighted by Gasteiger charge is -2.16. The lowest BCUT2D eigenvalue weighted by atomic mass is 9.96. The van der Waals surface area contributed by atoms with Gasteiger partial charge in [-0.1, -0.05) is 24.3 Å². The van der Waals surface area contributed by atoms with Crippen molar-refractivity contribution in [2.45, 2.75) is 12.8 Å². The van der Waals surface area contributed by atoms with Gasteiger partial charge in [0.25, 0.3) is 0 Å². The van der Waals surface area contributed by atoms with Gasteiger partial charge in [0, 0.05) is 5.56 Å². The second-order valence-electron chi connectivity index (χ2n) is 4.64.